The molecule has 0 amide bonds. The van der Waals surface area contributed by atoms with Gasteiger partial charge in [0, 0.05) is 10.6 Å². The van der Waals surface area contributed by atoms with Gasteiger partial charge >= 0.3 is 0 Å². The lowest BCUT2D eigenvalue weighted by Gasteiger charge is -2.08. The summed E-state index contributed by atoms with van der Waals surface area (Å²) in [6.45, 7) is 0. The minimum atomic E-state index is 0.0130. The van der Waals surface area contributed by atoms with E-state index in [-0.39, 0.29) is 5.43 Å². The SMILES string of the molecule is [N-]=C=c1ccc2cccc3c2c1c1c2ccccc2c2cc(=O)ccc2c31. The van der Waals surface area contributed by atoms with Crippen molar-refractivity contribution in [3.05, 3.63) is 93.6 Å². The molecular weight excluding hydrogens is 330 g/mol. The third-order valence-corrected chi connectivity index (χ3v) is 5.68. The van der Waals surface area contributed by atoms with Gasteiger partial charge in [0.2, 0.25) is 0 Å². The minimum absolute atomic E-state index is 0.0130. The third kappa shape index (κ3) is 1.70. The van der Waals surface area contributed by atoms with Crippen LogP contribution in [0.25, 0.3) is 59.3 Å². The fourth-order valence-corrected chi connectivity index (χ4v) is 4.65. The Hall–Kier alpha value is -3.74. The van der Waals surface area contributed by atoms with E-state index in [9.17, 15) is 10.2 Å². The Kier molecular flexibility index (Phi) is 2.63. The van der Waals surface area contributed by atoms with E-state index in [2.05, 4.69) is 36.2 Å². The molecule has 27 heavy (non-hydrogen) atoms. The molecule has 0 radical (unpaired) electrons. The third-order valence-electron chi connectivity index (χ3n) is 5.68. The van der Waals surface area contributed by atoms with Gasteiger partial charge in [0.1, 0.15) is 0 Å². The number of fused-ring (bicyclic) bond motifs is 8. The Morgan fingerprint density at radius 3 is 2.22 bits per heavy atom. The molecule has 0 saturated carbocycles. The molecule has 0 aliphatic carbocycles. The number of benzene rings is 5. The first-order chi connectivity index (χ1) is 13.3. The van der Waals surface area contributed by atoms with Crippen LogP contribution in [0.3, 0.4) is 0 Å². The van der Waals surface area contributed by atoms with Crippen molar-refractivity contribution in [2.24, 2.45) is 0 Å². The summed E-state index contributed by atoms with van der Waals surface area (Å²) in [5, 5.41) is 21.3. The number of hydrogen-bond donors (Lipinski definition) is 0. The standard InChI is InChI=1S/C25H12NO/c26-13-15-9-8-14-4-3-7-20-22(14)23(15)25-18-6-2-1-5-17(18)21-12-16(27)10-11-19(21)24(20)25/h1-12H/q-1. The summed E-state index contributed by atoms with van der Waals surface area (Å²) < 4.78 is 0. The molecule has 0 aliphatic heterocycles. The van der Waals surface area contributed by atoms with Gasteiger partial charge in [-0.2, -0.15) is 0 Å². The van der Waals surface area contributed by atoms with Crippen LogP contribution in [0.5, 0.6) is 0 Å². The lowest BCUT2D eigenvalue weighted by Crippen LogP contribution is -2.01. The molecule has 0 heterocycles. The molecular formula is C25H12NO-. The Bertz CT molecular complexity index is 1690. The highest BCUT2D eigenvalue weighted by Crippen LogP contribution is 2.44. The van der Waals surface area contributed by atoms with E-state index in [1.165, 1.54) is 0 Å². The lowest BCUT2D eigenvalue weighted by atomic mass is 9.95. The number of nitrogens with zero attached hydrogens (tertiary/aromatic N) is 1. The molecule has 2 heteroatoms. The molecule has 6 aromatic carbocycles. The van der Waals surface area contributed by atoms with Crippen molar-refractivity contribution in [2.75, 3.05) is 0 Å². The van der Waals surface area contributed by atoms with E-state index in [1.807, 2.05) is 30.3 Å². The molecule has 0 N–H and O–H groups in total. The van der Waals surface area contributed by atoms with Crippen LogP contribution in [-0.4, -0.2) is 5.87 Å². The molecule has 0 atom stereocenters. The predicted molar refractivity (Wildman–Crippen MR) is 114 cm³/mol. The summed E-state index contributed by atoms with van der Waals surface area (Å²) in [5.74, 6) is 2.38. The highest BCUT2D eigenvalue weighted by Gasteiger charge is 2.18. The molecule has 6 rings (SSSR count). The van der Waals surface area contributed by atoms with Crippen molar-refractivity contribution >= 4 is 59.7 Å². The topological polar surface area (TPSA) is 39.4 Å². The zero-order valence-electron chi connectivity index (χ0n) is 14.3. The molecule has 0 unspecified atom stereocenters. The van der Waals surface area contributed by atoms with Crippen LogP contribution in [0.15, 0.2) is 77.6 Å². The maximum Gasteiger partial charge on any atom is 0.179 e. The molecule has 0 fully saturated rings. The van der Waals surface area contributed by atoms with Gasteiger partial charge in [-0.1, -0.05) is 48.5 Å². The quantitative estimate of drug-likeness (QED) is 0.286. The highest BCUT2D eigenvalue weighted by atomic mass is 16.1. The maximum absolute atomic E-state index is 12.1. The second kappa shape index (κ2) is 4.91. The summed E-state index contributed by atoms with van der Waals surface area (Å²) in [7, 11) is 0. The van der Waals surface area contributed by atoms with Gasteiger partial charge in [-0.25, -0.2) is 0 Å². The fourth-order valence-electron chi connectivity index (χ4n) is 4.65. The molecule has 0 aliphatic rings. The van der Waals surface area contributed by atoms with Gasteiger partial charge in [-0.05, 0) is 72.7 Å². The average molecular weight is 342 g/mol. The van der Waals surface area contributed by atoms with Crippen LogP contribution in [-0.2, 0) is 0 Å². The van der Waals surface area contributed by atoms with Crippen molar-refractivity contribution in [2.45, 2.75) is 0 Å². The first-order valence-electron chi connectivity index (χ1n) is 8.90. The Labute approximate surface area is 153 Å². The maximum atomic E-state index is 12.1. The molecule has 0 bridgehead atoms. The van der Waals surface area contributed by atoms with Gasteiger partial charge < -0.3 is 5.41 Å². The molecule has 0 spiro atoms. The molecule has 2 nitrogen and oxygen atoms in total. The molecule has 124 valence electrons. The van der Waals surface area contributed by atoms with Crippen molar-refractivity contribution in [3.63, 3.8) is 0 Å². The van der Waals surface area contributed by atoms with Crippen LogP contribution in [0.2, 0.25) is 0 Å². The van der Waals surface area contributed by atoms with Crippen molar-refractivity contribution in [1.29, 1.82) is 0 Å². The van der Waals surface area contributed by atoms with E-state index in [0.717, 1.165) is 53.9 Å². The Balaban J connectivity index is 2.18. The van der Waals surface area contributed by atoms with Crippen molar-refractivity contribution in [3.8, 4) is 0 Å². The van der Waals surface area contributed by atoms with Gasteiger partial charge in [0.25, 0.3) is 0 Å². The first kappa shape index (κ1) is 14.4. The predicted octanol–water partition coefficient (Wildman–Crippen LogP) is 4.88. The van der Waals surface area contributed by atoms with Crippen LogP contribution < -0.4 is 10.6 Å². The summed E-state index contributed by atoms with van der Waals surface area (Å²) >= 11 is 0. The highest BCUT2D eigenvalue weighted by molar-refractivity contribution is 6.42. The Morgan fingerprint density at radius 2 is 1.37 bits per heavy atom. The van der Waals surface area contributed by atoms with E-state index in [1.54, 1.807) is 12.1 Å². The lowest BCUT2D eigenvalue weighted by molar-refractivity contribution is 1.67. The summed E-state index contributed by atoms with van der Waals surface area (Å²) in [6.07, 6.45) is 0. The van der Waals surface area contributed by atoms with Gasteiger partial charge in [-0.15, -0.1) is 0 Å². The summed E-state index contributed by atoms with van der Waals surface area (Å²) in [5.41, 5.74) is 0.0130. The molecule has 0 aromatic heterocycles. The molecule has 6 aromatic rings. The number of hydrogen-bond acceptors (Lipinski definition) is 1. The molecule has 0 saturated heterocycles. The minimum Gasteiger partial charge on any atom is -0.763 e. The second-order valence-corrected chi connectivity index (χ2v) is 7.01. The summed E-state index contributed by atoms with van der Waals surface area (Å²) in [4.78, 5) is 12.1. The largest absolute Gasteiger partial charge is 0.763 e. The van der Waals surface area contributed by atoms with E-state index >= 15 is 0 Å². The van der Waals surface area contributed by atoms with Crippen LogP contribution in [0, 0.1) is 0 Å². The average Bonchev–Trinajstić information content (AvgIpc) is 3.06. The van der Waals surface area contributed by atoms with Crippen LogP contribution in [0.1, 0.15) is 0 Å². The second-order valence-electron chi connectivity index (χ2n) is 7.01. The first-order valence-corrected chi connectivity index (χ1v) is 8.90. The summed E-state index contributed by atoms with van der Waals surface area (Å²) in [6, 6.07) is 23.7. The van der Waals surface area contributed by atoms with Crippen molar-refractivity contribution in [1.82, 2.24) is 0 Å². The van der Waals surface area contributed by atoms with Gasteiger partial charge in [0.05, 0.1) is 0 Å². The zero-order valence-corrected chi connectivity index (χ0v) is 14.3. The Morgan fingerprint density at radius 1 is 0.593 bits per heavy atom. The van der Waals surface area contributed by atoms with E-state index in [0.29, 0.717) is 5.22 Å². The number of rotatable bonds is 0. The van der Waals surface area contributed by atoms with Gasteiger partial charge in [0.15, 0.2) is 5.43 Å². The van der Waals surface area contributed by atoms with E-state index < -0.39 is 0 Å². The van der Waals surface area contributed by atoms with Crippen LogP contribution >= 0.6 is 0 Å². The van der Waals surface area contributed by atoms with Gasteiger partial charge in [-0.3, -0.25) is 10.7 Å². The van der Waals surface area contributed by atoms with E-state index in [4.69, 9.17) is 0 Å². The monoisotopic (exact) mass is 342 g/mol. The van der Waals surface area contributed by atoms with Crippen molar-refractivity contribution < 1.29 is 0 Å². The zero-order chi connectivity index (χ0) is 18.1. The fraction of sp³-hybridized carbons (Fsp3) is 0. The smallest absolute Gasteiger partial charge is 0.179 e. The van der Waals surface area contributed by atoms with Crippen LogP contribution in [0.4, 0.5) is 0 Å². The normalized spacial score (nSPS) is 11.9.